The Bertz CT molecular complexity index is 273. The first-order chi connectivity index (χ1) is 9.67. The molecule has 0 aromatic carbocycles. The second-order valence-electron chi connectivity index (χ2n) is 5.07. The molecule has 0 aliphatic rings. The fraction of sp³-hybridized carbons (Fsp3) is 0.706. The summed E-state index contributed by atoms with van der Waals surface area (Å²) in [4.78, 5) is 11.2. The van der Waals surface area contributed by atoms with E-state index < -0.39 is 0 Å². The van der Waals surface area contributed by atoms with Gasteiger partial charge in [0, 0.05) is 19.6 Å². The minimum atomic E-state index is -0.358. The van der Waals surface area contributed by atoms with Gasteiger partial charge in [0.15, 0.2) is 0 Å². The number of hydrogen-bond donors (Lipinski definition) is 0. The summed E-state index contributed by atoms with van der Waals surface area (Å²) in [5.41, 5.74) is 0. The minimum Gasteiger partial charge on any atom is -0.459 e. The van der Waals surface area contributed by atoms with Gasteiger partial charge in [-0.3, -0.25) is 0 Å². The Morgan fingerprint density at radius 3 is 2.30 bits per heavy atom. The van der Waals surface area contributed by atoms with Gasteiger partial charge in [-0.2, -0.15) is 0 Å². The van der Waals surface area contributed by atoms with Crippen LogP contribution >= 0.6 is 0 Å². The number of methoxy groups -OCH3 is 1. The Morgan fingerprint density at radius 1 is 1.10 bits per heavy atom. The molecule has 0 aliphatic heterocycles. The molecule has 0 aromatic heterocycles. The van der Waals surface area contributed by atoms with E-state index in [0.717, 1.165) is 25.7 Å². The van der Waals surface area contributed by atoms with Crippen molar-refractivity contribution in [3.8, 4) is 0 Å². The van der Waals surface area contributed by atoms with Crippen molar-refractivity contribution in [2.45, 2.75) is 70.5 Å². The highest BCUT2D eigenvalue weighted by Gasteiger charge is 2.13. The molecule has 3 heteroatoms. The maximum absolute atomic E-state index is 11.2. The van der Waals surface area contributed by atoms with Crippen LogP contribution in [0.2, 0.25) is 0 Å². The molecule has 0 heterocycles. The fourth-order valence-corrected chi connectivity index (χ4v) is 2.20. The number of hydrogen-bond acceptors (Lipinski definition) is 3. The zero-order chi connectivity index (χ0) is 15.2. The zero-order valence-corrected chi connectivity index (χ0v) is 13.1. The van der Waals surface area contributed by atoms with Crippen LogP contribution < -0.4 is 0 Å². The second kappa shape index (κ2) is 12.9. The third kappa shape index (κ3) is 9.79. The molecule has 0 unspecified atom stereocenters. The van der Waals surface area contributed by atoms with E-state index in [9.17, 15) is 4.79 Å². The smallest absolute Gasteiger partial charge is 0.330 e. The van der Waals surface area contributed by atoms with Crippen LogP contribution in [-0.4, -0.2) is 25.3 Å². The molecule has 116 valence electrons. The summed E-state index contributed by atoms with van der Waals surface area (Å²) in [7, 11) is 1.77. The van der Waals surface area contributed by atoms with Gasteiger partial charge in [0.05, 0.1) is 6.10 Å². The lowest BCUT2D eigenvalue weighted by molar-refractivity contribution is -0.143. The van der Waals surface area contributed by atoms with Crippen molar-refractivity contribution in [1.82, 2.24) is 0 Å². The summed E-state index contributed by atoms with van der Waals surface area (Å²) in [5.74, 6) is -0.358. The fourth-order valence-electron chi connectivity index (χ4n) is 2.20. The summed E-state index contributed by atoms with van der Waals surface area (Å²) < 4.78 is 10.8. The molecule has 0 radical (unpaired) electrons. The number of ether oxygens (including phenoxy) is 2. The lowest BCUT2D eigenvalue weighted by Crippen LogP contribution is -2.17. The predicted molar refractivity (Wildman–Crippen MR) is 83.7 cm³/mol. The van der Waals surface area contributed by atoms with Crippen molar-refractivity contribution in [2.75, 3.05) is 7.11 Å². The Balaban J connectivity index is 3.96. The van der Waals surface area contributed by atoms with Crippen molar-refractivity contribution in [3.05, 3.63) is 25.3 Å². The minimum absolute atomic E-state index is 0.0915. The van der Waals surface area contributed by atoms with E-state index in [1.165, 1.54) is 25.3 Å². The highest BCUT2D eigenvalue weighted by Crippen LogP contribution is 2.16. The van der Waals surface area contributed by atoms with E-state index in [-0.39, 0.29) is 12.1 Å². The van der Waals surface area contributed by atoms with Crippen LogP contribution in [0.5, 0.6) is 0 Å². The van der Waals surface area contributed by atoms with Gasteiger partial charge in [-0.25, -0.2) is 4.79 Å². The first-order valence-electron chi connectivity index (χ1n) is 7.64. The van der Waals surface area contributed by atoms with E-state index in [1.54, 1.807) is 13.2 Å². The van der Waals surface area contributed by atoms with Gasteiger partial charge in [0.25, 0.3) is 0 Å². The van der Waals surface area contributed by atoms with E-state index in [0.29, 0.717) is 12.5 Å². The van der Waals surface area contributed by atoms with Crippen molar-refractivity contribution < 1.29 is 14.3 Å². The SMILES string of the molecule is C=CC[C@H](CCC[C@H](CCCCC)OC)OC(=O)C=C. The molecule has 0 saturated heterocycles. The summed E-state index contributed by atoms with van der Waals surface area (Å²) >= 11 is 0. The second-order valence-corrected chi connectivity index (χ2v) is 5.07. The van der Waals surface area contributed by atoms with Crippen LogP contribution in [0.25, 0.3) is 0 Å². The number of rotatable bonds is 13. The molecule has 3 nitrogen and oxygen atoms in total. The maximum Gasteiger partial charge on any atom is 0.330 e. The standard InChI is InChI=1S/C17H30O3/c1-5-8-9-12-15(19-4)13-10-14-16(11-6-2)20-17(18)7-3/h6-7,15-16H,2-3,5,8-14H2,1,4H3/t15-,16+/m0/s1. The molecule has 0 amide bonds. The van der Waals surface area contributed by atoms with Crippen LogP contribution in [0.1, 0.15) is 58.3 Å². The van der Waals surface area contributed by atoms with Gasteiger partial charge < -0.3 is 9.47 Å². The summed E-state index contributed by atoms with van der Waals surface area (Å²) in [6.45, 7) is 9.32. The quantitative estimate of drug-likeness (QED) is 0.217. The number of carbonyl (C=O) groups excluding carboxylic acids is 1. The number of carbonyl (C=O) groups is 1. The Hall–Kier alpha value is -1.09. The molecular formula is C17H30O3. The van der Waals surface area contributed by atoms with Gasteiger partial charge in [0.2, 0.25) is 0 Å². The highest BCUT2D eigenvalue weighted by atomic mass is 16.5. The van der Waals surface area contributed by atoms with Gasteiger partial charge in [-0.1, -0.05) is 38.8 Å². The third-order valence-corrected chi connectivity index (χ3v) is 3.39. The first kappa shape index (κ1) is 18.9. The topological polar surface area (TPSA) is 35.5 Å². The van der Waals surface area contributed by atoms with E-state index in [2.05, 4.69) is 20.1 Å². The lowest BCUT2D eigenvalue weighted by atomic mass is 10.0. The molecule has 0 N–H and O–H groups in total. The molecule has 0 bridgehead atoms. The van der Waals surface area contributed by atoms with Gasteiger partial charge in [0.1, 0.15) is 6.10 Å². The normalized spacial score (nSPS) is 13.5. The van der Waals surface area contributed by atoms with Crippen molar-refractivity contribution in [3.63, 3.8) is 0 Å². The monoisotopic (exact) mass is 282 g/mol. The van der Waals surface area contributed by atoms with Gasteiger partial charge >= 0.3 is 5.97 Å². The maximum atomic E-state index is 11.2. The average Bonchev–Trinajstić information content (AvgIpc) is 2.45. The van der Waals surface area contributed by atoms with Crippen LogP contribution in [0.15, 0.2) is 25.3 Å². The van der Waals surface area contributed by atoms with Crippen LogP contribution in [0.4, 0.5) is 0 Å². The predicted octanol–water partition coefficient (Wildman–Crippen LogP) is 4.43. The molecule has 0 spiro atoms. The number of unbranched alkanes of at least 4 members (excludes halogenated alkanes) is 2. The summed E-state index contributed by atoms with van der Waals surface area (Å²) in [5, 5.41) is 0. The Labute approximate surface area is 124 Å². The number of esters is 1. The Kier molecular flexibility index (Phi) is 12.2. The average molecular weight is 282 g/mol. The molecular weight excluding hydrogens is 252 g/mol. The Morgan fingerprint density at radius 2 is 1.75 bits per heavy atom. The van der Waals surface area contributed by atoms with Crippen molar-refractivity contribution in [2.24, 2.45) is 0 Å². The van der Waals surface area contributed by atoms with Crippen LogP contribution in [0, 0.1) is 0 Å². The van der Waals surface area contributed by atoms with Gasteiger partial charge in [-0.15, -0.1) is 6.58 Å². The zero-order valence-electron chi connectivity index (χ0n) is 13.1. The molecule has 0 saturated carbocycles. The molecule has 0 aliphatic carbocycles. The lowest BCUT2D eigenvalue weighted by Gasteiger charge is -2.18. The first-order valence-corrected chi connectivity index (χ1v) is 7.64. The van der Waals surface area contributed by atoms with Crippen LogP contribution in [0.3, 0.4) is 0 Å². The van der Waals surface area contributed by atoms with Crippen molar-refractivity contribution >= 4 is 5.97 Å². The molecule has 0 rings (SSSR count). The van der Waals surface area contributed by atoms with Crippen molar-refractivity contribution in [1.29, 1.82) is 0 Å². The third-order valence-electron chi connectivity index (χ3n) is 3.39. The molecule has 0 fully saturated rings. The molecule has 2 atom stereocenters. The highest BCUT2D eigenvalue weighted by molar-refractivity contribution is 5.81. The van der Waals surface area contributed by atoms with E-state index in [1.807, 2.05) is 0 Å². The summed E-state index contributed by atoms with van der Waals surface area (Å²) in [6.07, 6.45) is 11.6. The largest absolute Gasteiger partial charge is 0.459 e. The summed E-state index contributed by atoms with van der Waals surface area (Å²) in [6, 6.07) is 0. The molecule has 20 heavy (non-hydrogen) atoms. The molecule has 0 aromatic rings. The van der Waals surface area contributed by atoms with E-state index >= 15 is 0 Å². The van der Waals surface area contributed by atoms with Crippen LogP contribution in [-0.2, 0) is 14.3 Å². The van der Waals surface area contributed by atoms with Gasteiger partial charge in [-0.05, 0) is 25.7 Å². The van der Waals surface area contributed by atoms with E-state index in [4.69, 9.17) is 9.47 Å².